The summed E-state index contributed by atoms with van der Waals surface area (Å²) in [5.74, 6) is 0.977. The quantitative estimate of drug-likeness (QED) is 0.908. The Balaban J connectivity index is 2.04. The van der Waals surface area contributed by atoms with Crippen LogP contribution in [-0.2, 0) is 13.6 Å². The number of imidazole rings is 1. The Bertz CT molecular complexity index is 572. The van der Waals surface area contributed by atoms with Crippen molar-refractivity contribution in [1.29, 1.82) is 0 Å². The van der Waals surface area contributed by atoms with E-state index in [9.17, 15) is 0 Å². The van der Waals surface area contributed by atoms with Crippen LogP contribution in [0.25, 0.3) is 0 Å². The molecule has 4 heteroatoms. The zero-order valence-corrected chi connectivity index (χ0v) is 13.0. The predicted molar refractivity (Wildman–Crippen MR) is 84.0 cm³/mol. The Labute approximate surface area is 121 Å². The number of nitrogens with one attached hydrogen (secondary N) is 1. The summed E-state index contributed by atoms with van der Waals surface area (Å²) in [6.45, 7) is 5.17. The molecule has 108 valence electrons. The summed E-state index contributed by atoms with van der Waals surface area (Å²) in [6, 6.07) is 8.84. The number of anilines is 1. The fourth-order valence-electron chi connectivity index (χ4n) is 2.45. The Kier molecular flexibility index (Phi) is 4.45. The predicted octanol–water partition coefficient (Wildman–Crippen LogP) is 2.65. The molecule has 4 nitrogen and oxygen atoms in total. The van der Waals surface area contributed by atoms with Gasteiger partial charge in [-0.3, -0.25) is 0 Å². The van der Waals surface area contributed by atoms with E-state index in [1.165, 1.54) is 16.8 Å². The third-order valence-electron chi connectivity index (χ3n) is 3.70. The van der Waals surface area contributed by atoms with Gasteiger partial charge in [-0.2, -0.15) is 0 Å². The second-order valence-corrected chi connectivity index (χ2v) is 5.46. The number of nitrogens with zero attached hydrogens (tertiary/aromatic N) is 3. The molecule has 0 saturated carbocycles. The highest BCUT2D eigenvalue weighted by Gasteiger charge is 2.11. The molecule has 1 atom stereocenters. The summed E-state index contributed by atoms with van der Waals surface area (Å²) < 4.78 is 2.12. The van der Waals surface area contributed by atoms with Gasteiger partial charge in [-0.15, -0.1) is 0 Å². The maximum Gasteiger partial charge on any atom is 0.204 e. The molecule has 0 spiro atoms. The fraction of sp³-hybridized carbons (Fsp3) is 0.438. The molecule has 2 aromatic rings. The fourth-order valence-corrected chi connectivity index (χ4v) is 2.45. The minimum atomic E-state index is 0.328. The maximum absolute atomic E-state index is 4.43. The molecule has 1 heterocycles. The summed E-state index contributed by atoms with van der Waals surface area (Å²) in [5, 5.41) is 3.57. The number of aromatic nitrogens is 2. The van der Waals surface area contributed by atoms with Crippen molar-refractivity contribution in [2.75, 3.05) is 19.0 Å². The van der Waals surface area contributed by atoms with Gasteiger partial charge >= 0.3 is 0 Å². The number of aryl methyl sites for hydroxylation is 1. The van der Waals surface area contributed by atoms with Crippen LogP contribution in [0, 0.1) is 6.92 Å². The third kappa shape index (κ3) is 3.02. The minimum absolute atomic E-state index is 0.328. The van der Waals surface area contributed by atoms with Gasteiger partial charge in [0.25, 0.3) is 0 Å². The summed E-state index contributed by atoms with van der Waals surface area (Å²) in [5.41, 5.74) is 3.86. The van der Waals surface area contributed by atoms with Crippen LogP contribution < -0.4 is 10.2 Å². The van der Waals surface area contributed by atoms with E-state index in [0.717, 1.165) is 12.5 Å². The Morgan fingerprint density at radius 3 is 2.60 bits per heavy atom. The first-order valence-corrected chi connectivity index (χ1v) is 6.97. The van der Waals surface area contributed by atoms with Crippen LogP contribution in [0.2, 0.25) is 0 Å². The highest BCUT2D eigenvalue weighted by Crippen LogP contribution is 2.18. The summed E-state index contributed by atoms with van der Waals surface area (Å²) in [6.07, 6.45) is 1.94. The molecule has 2 rings (SSSR count). The van der Waals surface area contributed by atoms with Crippen LogP contribution in [-0.4, -0.2) is 23.6 Å². The van der Waals surface area contributed by atoms with Gasteiger partial charge in [0.1, 0.15) is 0 Å². The second kappa shape index (κ2) is 6.09. The lowest BCUT2D eigenvalue weighted by atomic mass is 10.0. The van der Waals surface area contributed by atoms with Crippen molar-refractivity contribution in [3.63, 3.8) is 0 Å². The summed E-state index contributed by atoms with van der Waals surface area (Å²) >= 11 is 0. The molecule has 0 amide bonds. The smallest absolute Gasteiger partial charge is 0.204 e. The minimum Gasteiger partial charge on any atom is -0.348 e. The third-order valence-corrected chi connectivity index (χ3v) is 3.70. The lowest BCUT2D eigenvalue weighted by Gasteiger charge is -2.17. The van der Waals surface area contributed by atoms with Crippen LogP contribution in [0.4, 0.5) is 5.95 Å². The number of hydrogen-bond donors (Lipinski definition) is 1. The van der Waals surface area contributed by atoms with E-state index >= 15 is 0 Å². The van der Waals surface area contributed by atoms with E-state index in [1.54, 1.807) is 0 Å². The first-order chi connectivity index (χ1) is 9.50. The Morgan fingerprint density at radius 1 is 1.30 bits per heavy atom. The molecule has 1 aromatic heterocycles. The lowest BCUT2D eigenvalue weighted by molar-refractivity contribution is 0.556. The zero-order valence-electron chi connectivity index (χ0n) is 13.0. The van der Waals surface area contributed by atoms with Gasteiger partial charge < -0.3 is 14.8 Å². The van der Waals surface area contributed by atoms with E-state index in [0.29, 0.717) is 6.04 Å². The number of benzene rings is 1. The van der Waals surface area contributed by atoms with E-state index in [2.05, 4.69) is 60.0 Å². The van der Waals surface area contributed by atoms with Crippen molar-refractivity contribution in [2.45, 2.75) is 26.4 Å². The standard InChI is InChI=1S/C16H24N4/c1-12-8-6-7-9-15(12)13(2)17-10-14-11-18-16(19(3)4)20(14)5/h6-9,11,13,17H,10H2,1-5H3/t13-/m0/s1. The molecule has 0 saturated heterocycles. The molecule has 0 fully saturated rings. The molecule has 0 aliphatic carbocycles. The summed E-state index contributed by atoms with van der Waals surface area (Å²) in [4.78, 5) is 6.45. The average molecular weight is 272 g/mol. The molecule has 0 radical (unpaired) electrons. The van der Waals surface area contributed by atoms with Gasteiger partial charge in [0.15, 0.2) is 0 Å². The number of hydrogen-bond acceptors (Lipinski definition) is 3. The van der Waals surface area contributed by atoms with E-state index in [4.69, 9.17) is 0 Å². The Morgan fingerprint density at radius 2 is 2.00 bits per heavy atom. The molecule has 0 aliphatic rings. The van der Waals surface area contributed by atoms with Crippen molar-refractivity contribution in [1.82, 2.24) is 14.9 Å². The zero-order chi connectivity index (χ0) is 14.7. The van der Waals surface area contributed by atoms with Crippen LogP contribution in [0.3, 0.4) is 0 Å². The van der Waals surface area contributed by atoms with E-state index in [-0.39, 0.29) is 0 Å². The monoisotopic (exact) mass is 272 g/mol. The van der Waals surface area contributed by atoms with Crippen LogP contribution in [0.1, 0.15) is 29.8 Å². The van der Waals surface area contributed by atoms with Gasteiger partial charge in [-0.25, -0.2) is 4.98 Å². The molecular formula is C16H24N4. The van der Waals surface area contributed by atoms with Gasteiger partial charge in [-0.1, -0.05) is 24.3 Å². The lowest BCUT2D eigenvalue weighted by Crippen LogP contribution is -2.21. The van der Waals surface area contributed by atoms with Gasteiger partial charge in [0.2, 0.25) is 5.95 Å². The van der Waals surface area contributed by atoms with E-state index < -0.39 is 0 Å². The molecule has 0 unspecified atom stereocenters. The molecule has 0 bridgehead atoms. The highest BCUT2D eigenvalue weighted by atomic mass is 15.3. The molecule has 1 N–H and O–H groups in total. The first-order valence-electron chi connectivity index (χ1n) is 6.97. The van der Waals surface area contributed by atoms with Crippen molar-refractivity contribution >= 4 is 5.95 Å². The summed E-state index contributed by atoms with van der Waals surface area (Å²) in [7, 11) is 6.07. The topological polar surface area (TPSA) is 33.1 Å². The average Bonchev–Trinajstić information content (AvgIpc) is 2.78. The number of rotatable bonds is 5. The van der Waals surface area contributed by atoms with Crippen LogP contribution >= 0.6 is 0 Å². The van der Waals surface area contributed by atoms with Crippen LogP contribution in [0.5, 0.6) is 0 Å². The van der Waals surface area contributed by atoms with Gasteiger partial charge in [-0.05, 0) is 25.0 Å². The second-order valence-electron chi connectivity index (χ2n) is 5.46. The Hall–Kier alpha value is -1.81. The van der Waals surface area contributed by atoms with Crippen LogP contribution in [0.15, 0.2) is 30.5 Å². The van der Waals surface area contributed by atoms with Crippen molar-refractivity contribution in [3.8, 4) is 0 Å². The molecule has 0 aliphatic heterocycles. The van der Waals surface area contributed by atoms with Crippen molar-refractivity contribution < 1.29 is 0 Å². The normalized spacial score (nSPS) is 12.4. The maximum atomic E-state index is 4.43. The van der Waals surface area contributed by atoms with Crippen molar-refractivity contribution in [3.05, 3.63) is 47.3 Å². The molecule has 20 heavy (non-hydrogen) atoms. The SMILES string of the molecule is Cc1ccccc1[C@H](C)NCc1cnc(N(C)C)n1C. The van der Waals surface area contributed by atoms with E-state index in [1.807, 2.05) is 25.2 Å². The molecular weight excluding hydrogens is 248 g/mol. The van der Waals surface area contributed by atoms with Gasteiger partial charge in [0, 0.05) is 33.7 Å². The van der Waals surface area contributed by atoms with Crippen molar-refractivity contribution in [2.24, 2.45) is 7.05 Å². The largest absolute Gasteiger partial charge is 0.348 e. The van der Waals surface area contributed by atoms with Gasteiger partial charge in [0.05, 0.1) is 11.9 Å². The first kappa shape index (κ1) is 14.6. The highest BCUT2D eigenvalue weighted by molar-refractivity contribution is 5.31. The molecule has 1 aromatic carbocycles.